The average molecular weight is 452 g/mol. The summed E-state index contributed by atoms with van der Waals surface area (Å²) in [6, 6.07) is 10.7. The van der Waals surface area contributed by atoms with Crippen LogP contribution in [-0.2, 0) is 11.3 Å². The predicted molar refractivity (Wildman–Crippen MR) is 123 cm³/mol. The fourth-order valence-corrected chi connectivity index (χ4v) is 4.34. The van der Waals surface area contributed by atoms with E-state index in [1.807, 2.05) is 36.4 Å². The molecule has 0 spiro atoms. The standard InChI is InChI=1S/C23H25N5O3S/c1-31-18-9-7-17(8-10-18)26-23-27-19(15-32-23)22(30)28-12-3-2-6-20(28)21(29)25-14-16-5-4-11-24-13-16/h4-5,7-11,13,15,20H,2-3,6,12,14H2,1H3,(H,25,29)(H,26,27)/t20-/m1/s1. The zero-order chi connectivity index (χ0) is 22.3. The Hall–Kier alpha value is -3.46. The summed E-state index contributed by atoms with van der Waals surface area (Å²) in [6.07, 6.45) is 5.84. The molecular weight excluding hydrogens is 426 g/mol. The van der Waals surface area contributed by atoms with Crippen molar-refractivity contribution in [1.29, 1.82) is 0 Å². The third-order valence-corrected chi connectivity index (χ3v) is 6.08. The summed E-state index contributed by atoms with van der Waals surface area (Å²) in [6.45, 7) is 0.931. The lowest BCUT2D eigenvalue weighted by molar-refractivity contribution is -0.126. The summed E-state index contributed by atoms with van der Waals surface area (Å²) < 4.78 is 5.17. The van der Waals surface area contributed by atoms with E-state index < -0.39 is 6.04 Å². The maximum atomic E-state index is 13.2. The Morgan fingerprint density at radius 1 is 1.22 bits per heavy atom. The molecule has 1 fully saturated rings. The number of nitrogens with zero attached hydrogens (tertiary/aromatic N) is 3. The number of rotatable bonds is 7. The second-order valence-corrected chi connectivity index (χ2v) is 8.34. The lowest BCUT2D eigenvalue weighted by atomic mass is 10.0. The third-order valence-electron chi connectivity index (χ3n) is 5.32. The molecule has 8 nitrogen and oxygen atoms in total. The van der Waals surface area contributed by atoms with E-state index in [0.717, 1.165) is 29.8 Å². The second-order valence-electron chi connectivity index (χ2n) is 7.48. The number of piperidine rings is 1. The molecule has 0 bridgehead atoms. The van der Waals surface area contributed by atoms with Crippen molar-refractivity contribution in [2.75, 3.05) is 19.0 Å². The van der Waals surface area contributed by atoms with Gasteiger partial charge in [0.15, 0.2) is 5.13 Å². The summed E-state index contributed by atoms with van der Waals surface area (Å²) in [5.74, 6) is 0.405. The van der Waals surface area contributed by atoms with E-state index in [9.17, 15) is 9.59 Å². The quantitative estimate of drug-likeness (QED) is 0.570. The number of amides is 2. The fourth-order valence-electron chi connectivity index (χ4n) is 3.63. The van der Waals surface area contributed by atoms with Crippen LogP contribution in [0.1, 0.15) is 35.3 Å². The largest absolute Gasteiger partial charge is 0.497 e. The number of anilines is 2. The minimum Gasteiger partial charge on any atom is -0.497 e. The lowest BCUT2D eigenvalue weighted by Gasteiger charge is -2.34. The van der Waals surface area contributed by atoms with Gasteiger partial charge in [-0.05, 0) is 55.2 Å². The van der Waals surface area contributed by atoms with Gasteiger partial charge in [0, 0.05) is 36.6 Å². The van der Waals surface area contributed by atoms with Crippen LogP contribution in [0.25, 0.3) is 0 Å². The first kappa shape index (κ1) is 21.8. The van der Waals surface area contributed by atoms with Crippen LogP contribution in [0, 0.1) is 0 Å². The number of pyridine rings is 1. The maximum Gasteiger partial charge on any atom is 0.274 e. The zero-order valence-electron chi connectivity index (χ0n) is 17.8. The number of aromatic nitrogens is 2. The number of ether oxygens (including phenoxy) is 1. The molecule has 32 heavy (non-hydrogen) atoms. The maximum absolute atomic E-state index is 13.2. The van der Waals surface area contributed by atoms with E-state index in [4.69, 9.17) is 4.74 Å². The van der Waals surface area contributed by atoms with E-state index in [1.165, 1.54) is 11.3 Å². The number of thiazole rings is 1. The van der Waals surface area contributed by atoms with Crippen LogP contribution in [0.4, 0.5) is 10.8 Å². The van der Waals surface area contributed by atoms with E-state index in [1.54, 1.807) is 29.8 Å². The molecule has 1 aliphatic rings. The highest BCUT2D eigenvalue weighted by Crippen LogP contribution is 2.25. The van der Waals surface area contributed by atoms with Gasteiger partial charge >= 0.3 is 0 Å². The monoisotopic (exact) mass is 451 g/mol. The van der Waals surface area contributed by atoms with Crippen LogP contribution in [0.2, 0.25) is 0 Å². The van der Waals surface area contributed by atoms with Gasteiger partial charge < -0.3 is 20.3 Å². The molecular formula is C23H25N5O3S. The van der Waals surface area contributed by atoms with Crippen molar-refractivity contribution in [1.82, 2.24) is 20.2 Å². The minimum absolute atomic E-state index is 0.145. The number of nitrogens with one attached hydrogen (secondary N) is 2. The molecule has 3 heterocycles. The van der Waals surface area contributed by atoms with Crippen molar-refractivity contribution in [3.63, 3.8) is 0 Å². The molecule has 0 aliphatic carbocycles. The van der Waals surface area contributed by atoms with E-state index in [2.05, 4.69) is 20.6 Å². The Morgan fingerprint density at radius 2 is 2.06 bits per heavy atom. The first-order chi connectivity index (χ1) is 15.6. The Morgan fingerprint density at radius 3 is 2.81 bits per heavy atom. The highest BCUT2D eigenvalue weighted by atomic mass is 32.1. The van der Waals surface area contributed by atoms with Gasteiger partial charge in [-0.1, -0.05) is 6.07 Å². The molecule has 1 atom stereocenters. The smallest absolute Gasteiger partial charge is 0.274 e. The van der Waals surface area contributed by atoms with Gasteiger partial charge in [0.2, 0.25) is 5.91 Å². The van der Waals surface area contributed by atoms with Crippen LogP contribution in [0.5, 0.6) is 5.75 Å². The Labute approximate surface area is 190 Å². The molecule has 1 aromatic carbocycles. The molecule has 1 aliphatic heterocycles. The number of carbonyl (C=O) groups excluding carboxylic acids is 2. The van der Waals surface area contributed by atoms with Crippen LogP contribution < -0.4 is 15.4 Å². The summed E-state index contributed by atoms with van der Waals surface area (Å²) in [5, 5.41) is 8.49. The summed E-state index contributed by atoms with van der Waals surface area (Å²) >= 11 is 1.36. The van der Waals surface area contributed by atoms with Crippen LogP contribution in [0.15, 0.2) is 54.2 Å². The molecule has 3 aromatic rings. The number of hydrogen-bond acceptors (Lipinski definition) is 7. The molecule has 9 heteroatoms. The topological polar surface area (TPSA) is 96.5 Å². The van der Waals surface area contributed by atoms with Crippen molar-refractivity contribution in [3.8, 4) is 5.75 Å². The molecule has 0 saturated carbocycles. The number of benzene rings is 1. The molecule has 0 unspecified atom stereocenters. The third kappa shape index (κ3) is 5.23. The van der Waals surface area contributed by atoms with E-state index >= 15 is 0 Å². The number of methoxy groups -OCH3 is 1. The second kappa shape index (κ2) is 10.2. The van der Waals surface area contributed by atoms with E-state index in [0.29, 0.717) is 30.3 Å². The van der Waals surface area contributed by atoms with Crippen molar-refractivity contribution in [2.24, 2.45) is 0 Å². The van der Waals surface area contributed by atoms with Crippen LogP contribution in [-0.4, -0.2) is 46.4 Å². The van der Waals surface area contributed by atoms with E-state index in [-0.39, 0.29) is 11.8 Å². The van der Waals surface area contributed by atoms with Crippen molar-refractivity contribution < 1.29 is 14.3 Å². The molecule has 2 aromatic heterocycles. The minimum atomic E-state index is -0.493. The highest BCUT2D eigenvalue weighted by Gasteiger charge is 2.33. The molecule has 2 N–H and O–H groups in total. The predicted octanol–water partition coefficient (Wildman–Crippen LogP) is 3.60. The highest BCUT2D eigenvalue weighted by molar-refractivity contribution is 7.14. The molecule has 0 radical (unpaired) electrons. The number of carbonyl (C=O) groups is 2. The number of hydrogen-bond donors (Lipinski definition) is 2. The molecule has 1 saturated heterocycles. The Kier molecular flexibility index (Phi) is 6.96. The summed E-state index contributed by atoms with van der Waals surface area (Å²) in [4.78, 5) is 36.2. The first-order valence-corrected chi connectivity index (χ1v) is 11.4. The number of likely N-dealkylation sites (tertiary alicyclic amines) is 1. The van der Waals surface area contributed by atoms with Gasteiger partial charge in [0.05, 0.1) is 7.11 Å². The summed E-state index contributed by atoms with van der Waals surface area (Å²) in [5.41, 5.74) is 2.12. The van der Waals surface area contributed by atoms with Gasteiger partial charge in [0.25, 0.3) is 5.91 Å². The van der Waals surface area contributed by atoms with Gasteiger partial charge in [-0.2, -0.15) is 0 Å². The normalized spacial score (nSPS) is 15.8. The van der Waals surface area contributed by atoms with Crippen LogP contribution in [0.3, 0.4) is 0 Å². The zero-order valence-corrected chi connectivity index (χ0v) is 18.6. The van der Waals surface area contributed by atoms with Crippen LogP contribution >= 0.6 is 11.3 Å². The van der Waals surface area contributed by atoms with Crippen molar-refractivity contribution in [3.05, 3.63) is 65.4 Å². The first-order valence-electron chi connectivity index (χ1n) is 10.5. The SMILES string of the molecule is COc1ccc(Nc2nc(C(=O)N3CCCC[C@@H]3C(=O)NCc3cccnc3)cs2)cc1. The average Bonchev–Trinajstić information content (AvgIpc) is 3.31. The fraction of sp³-hybridized carbons (Fsp3) is 0.304. The van der Waals surface area contributed by atoms with Gasteiger partial charge in [-0.3, -0.25) is 14.6 Å². The van der Waals surface area contributed by atoms with Gasteiger partial charge in [-0.25, -0.2) is 4.98 Å². The van der Waals surface area contributed by atoms with Gasteiger partial charge in [0.1, 0.15) is 17.5 Å². The van der Waals surface area contributed by atoms with Crippen molar-refractivity contribution in [2.45, 2.75) is 31.8 Å². The Bertz CT molecular complexity index is 1060. The molecule has 2 amide bonds. The van der Waals surface area contributed by atoms with Gasteiger partial charge in [-0.15, -0.1) is 11.3 Å². The molecule has 166 valence electrons. The summed E-state index contributed by atoms with van der Waals surface area (Å²) in [7, 11) is 1.62. The Balaban J connectivity index is 1.40. The lowest BCUT2D eigenvalue weighted by Crippen LogP contribution is -2.51. The van der Waals surface area contributed by atoms with Crippen molar-refractivity contribution >= 4 is 34.0 Å². The molecule has 4 rings (SSSR count).